The van der Waals surface area contributed by atoms with Gasteiger partial charge in [-0.25, -0.2) is 9.78 Å². The maximum atomic E-state index is 11.5. The van der Waals surface area contributed by atoms with Crippen LogP contribution in [0.5, 0.6) is 0 Å². The fourth-order valence-corrected chi connectivity index (χ4v) is 3.23. The van der Waals surface area contributed by atoms with Gasteiger partial charge in [0.25, 0.3) is 0 Å². The molecule has 23 heavy (non-hydrogen) atoms. The molecular weight excluding hydrogens is 346 g/mol. The van der Waals surface area contributed by atoms with E-state index in [-0.39, 0.29) is 19.0 Å². The summed E-state index contributed by atoms with van der Waals surface area (Å²) in [5.74, 6) is 2.16. The van der Waals surface area contributed by atoms with Crippen LogP contribution in [0.2, 0.25) is 0 Å². The van der Waals surface area contributed by atoms with E-state index in [9.17, 15) is 14.6 Å². The molecule has 0 spiro atoms. The number of hydrogen-bond acceptors (Lipinski definition) is 10. The van der Waals surface area contributed by atoms with Crippen molar-refractivity contribution in [2.24, 2.45) is 10.5 Å². The molecule has 0 saturated carbocycles. The Labute approximate surface area is 140 Å². The Morgan fingerprint density at radius 2 is 2.13 bits per heavy atom. The molecule has 0 aromatic carbocycles. The smallest absolute Gasteiger partial charge is 0.407 e. The first-order valence-corrected chi connectivity index (χ1v) is 9.13. The molecule has 1 amide bonds. The van der Waals surface area contributed by atoms with E-state index < -0.39 is 6.09 Å². The predicted molar refractivity (Wildman–Crippen MR) is 88.4 cm³/mol. The van der Waals surface area contributed by atoms with E-state index in [1.807, 2.05) is 0 Å². The van der Waals surface area contributed by atoms with E-state index >= 15 is 0 Å². The van der Waals surface area contributed by atoms with Crippen molar-refractivity contribution >= 4 is 33.5 Å². The minimum Gasteiger partial charge on any atom is -0.448 e. The first-order chi connectivity index (χ1) is 11.2. The molecule has 1 rings (SSSR count). The lowest BCUT2D eigenvalue weighted by Gasteiger charge is -2.08. The molecule has 0 aliphatic rings. The van der Waals surface area contributed by atoms with Gasteiger partial charge in [0.2, 0.25) is 0 Å². The van der Waals surface area contributed by atoms with E-state index in [2.05, 4.69) is 25.7 Å². The third-order valence-electron chi connectivity index (χ3n) is 2.52. The zero-order valence-corrected chi connectivity index (χ0v) is 14.1. The summed E-state index contributed by atoms with van der Waals surface area (Å²) in [6.07, 6.45) is 0.843. The third-order valence-corrected chi connectivity index (χ3v) is 4.90. The Kier molecular flexibility index (Phi) is 9.79. The topological polar surface area (TPSA) is 124 Å². The van der Waals surface area contributed by atoms with Crippen LogP contribution < -0.4 is 5.32 Å². The number of alkyl carbamates (subject to hydrolysis) is 1. The van der Waals surface area contributed by atoms with Crippen molar-refractivity contribution in [2.75, 3.05) is 31.3 Å². The molecule has 0 atom stereocenters. The lowest BCUT2D eigenvalue weighted by molar-refractivity contribution is 0.142. The Bertz CT molecular complexity index is 513. The highest BCUT2D eigenvalue weighted by molar-refractivity contribution is 8.76. The number of hydrogen-bond donors (Lipinski definition) is 1. The highest BCUT2D eigenvalue weighted by atomic mass is 33.1. The van der Waals surface area contributed by atoms with Crippen LogP contribution >= 0.6 is 21.6 Å². The molecule has 0 unspecified atom stereocenters. The van der Waals surface area contributed by atoms with Crippen LogP contribution in [0.3, 0.4) is 0 Å². The predicted octanol–water partition coefficient (Wildman–Crippen LogP) is 2.40. The summed E-state index contributed by atoms with van der Waals surface area (Å²) in [4.78, 5) is 39.9. The molecule has 0 aliphatic heterocycles. The normalized spacial score (nSPS) is 10.1. The van der Waals surface area contributed by atoms with Gasteiger partial charge in [0, 0.05) is 18.1 Å². The van der Waals surface area contributed by atoms with Gasteiger partial charge in [-0.1, -0.05) is 21.6 Å². The maximum absolute atomic E-state index is 11.5. The van der Waals surface area contributed by atoms with Crippen molar-refractivity contribution < 1.29 is 14.4 Å². The SMILES string of the molecule is Cc1ncc(N=O)n1CCOC(=O)NCCSSCCON=O. The Morgan fingerprint density at radius 1 is 1.35 bits per heavy atom. The van der Waals surface area contributed by atoms with Crippen molar-refractivity contribution in [3.05, 3.63) is 21.8 Å². The summed E-state index contributed by atoms with van der Waals surface area (Å²) in [5.41, 5.74) is 0. The van der Waals surface area contributed by atoms with Crippen molar-refractivity contribution in [1.82, 2.24) is 14.9 Å². The number of rotatable bonds is 12. The molecule has 128 valence electrons. The monoisotopic (exact) mass is 363 g/mol. The molecule has 1 aromatic heterocycles. The molecule has 10 nitrogen and oxygen atoms in total. The van der Waals surface area contributed by atoms with E-state index in [0.717, 1.165) is 0 Å². The minimum absolute atomic E-state index is 0.115. The quantitative estimate of drug-likeness (QED) is 0.260. The van der Waals surface area contributed by atoms with Crippen molar-refractivity contribution in [2.45, 2.75) is 13.5 Å². The van der Waals surface area contributed by atoms with Crippen LogP contribution in [-0.2, 0) is 16.1 Å². The summed E-state index contributed by atoms with van der Waals surface area (Å²) in [6.45, 7) is 2.88. The summed E-state index contributed by atoms with van der Waals surface area (Å²) >= 11 is 0. The van der Waals surface area contributed by atoms with Crippen LogP contribution in [0.1, 0.15) is 5.82 Å². The number of carbonyl (C=O) groups excluding carboxylic acids is 1. The molecule has 1 aromatic rings. The van der Waals surface area contributed by atoms with Crippen LogP contribution in [-0.4, -0.2) is 46.9 Å². The number of ether oxygens (including phenoxy) is 1. The van der Waals surface area contributed by atoms with Crippen LogP contribution in [0.4, 0.5) is 10.6 Å². The number of nitrogens with zero attached hydrogens (tertiary/aromatic N) is 4. The second kappa shape index (κ2) is 11.7. The average Bonchev–Trinajstić information content (AvgIpc) is 2.90. The van der Waals surface area contributed by atoms with Crippen molar-refractivity contribution in [3.8, 4) is 0 Å². The van der Waals surface area contributed by atoms with Gasteiger partial charge in [0.1, 0.15) is 19.0 Å². The number of imidazole rings is 1. The molecule has 0 bridgehead atoms. The highest BCUT2D eigenvalue weighted by Crippen LogP contribution is 2.19. The Balaban J connectivity index is 2.05. The molecule has 0 fully saturated rings. The summed E-state index contributed by atoms with van der Waals surface area (Å²) in [7, 11) is 3.05. The van der Waals surface area contributed by atoms with Gasteiger partial charge in [-0.05, 0) is 12.1 Å². The first-order valence-electron chi connectivity index (χ1n) is 6.64. The average molecular weight is 363 g/mol. The number of aryl methyl sites for hydroxylation is 1. The van der Waals surface area contributed by atoms with Gasteiger partial charge in [-0.15, -0.1) is 9.81 Å². The zero-order chi connectivity index (χ0) is 16.9. The van der Waals surface area contributed by atoms with E-state index in [1.54, 1.807) is 11.5 Å². The molecule has 0 aliphatic carbocycles. The summed E-state index contributed by atoms with van der Waals surface area (Å²) in [5, 5.41) is 7.73. The number of carbonyl (C=O) groups is 1. The highest BCUT2D eigenvalue weighted by Gasteiger charge is 2.08. The summed E-state index contributed by atoms with van der Waals surface area (Å²) < 4.78 is 6.58. The van der Waals surface area contributed by atoms with Crippen molar-refractivity contribution in [1.29, 1.82) is 0 Å². The lowest BCUT2D eigenvalue weighted by Crippen LogP contribution is -2.27. The van der Waals surface area contributed by atoms with Crippen LogP contribution in [0.25, 0.3) is 0 Å². The second-order valence-corrected chi connectivity index (χ2v) is 6.72. The maximum Gasteiger partial charge on any atom is 0.407 e. The van der Waals surface area contributed by atoms with Gasteiger partial charge in [0.05, 0.1) is 12.7 Å². The van der Waals surface area contributed by atoms with Crippen LogP contribution in [0, 0.1) is 16.7 Å². The first kappa shape index (κ1) is 19.2. The van der Waals surface area contributed by atoms with E-state index in [4.69, 9.17) is 4.74 Å². The lowest BCUT2D eigenvalue weighted by atomic mass is 10.6. The number of nitrogens with one attached hydrogen (secondary N) is 1. The fraction of sp³-hybridized carbons (Fsp3) is 0.636. The van der Waals surface area contributed by atoms with Gasteiger partial charge >= 0.3 is 6.09 Å². The zero-order valence-electron chi connectivity index (χ0n) is 12.5. The number of amides is 1. The van der Waals surface area contributed by atoms with Gasteiger partial charge < -0.3 is 19.5 Å². The van der Waals surface area contributed by atoms with Crippen LogP contribution in [0.15, 0.2) is 16.7 Å². The van der Waals surface area contributed by atoms with E-state index in [0.29, 0.717) is 30.4 Å². The number of nitroso groups, excluding NO2 is 1. The molecular formula is C11H17N5O5S2. The summed E-state index contributed by atoms with van der Waals surface area (Å²) in [6, 6.07) is 0. The van der Waals surface area contributed by atoms with Gasteiger partial charge in [-0.2, -0.15) is 0 Å². The van der Waals surface area contributed by atoms with Gasteiger partial charge in [0.15, 0.2) is 11.2 Å². The molecule has 1 N–H and O–H groups in total. The van der Waals surface area contributed by atoms with E-state index in [1.165, 1.54) is 27.8 Å². The third kappa shape index (κ3) is 7.83. The number of aromatic nitrogens is 2. The standard InChI is InChI=1S/C11H17N5O5S2/c1-9-13-8-10(14-18)16(9)3-4-20-11(17)12-2-6-22-23-7-5-21-15-19/h8H,2-7H2,1H3,(H,12,17). The molecule has 1 heterocycles. The molecule has 0 saturated heterocycles. The second-order valence-electron chi connectivity index (χ2n) is 4.02. The van der Waals surface area contributed by atoms with Crippen molar-refractivity contribution in [3.63, 3.8) is 0 Å². The fourth-order valence-electron chi connectivity index (χ4n) is 1.51. The minimum atomic E-state index is -0.525. The van der Waals surface area contributed by atoms with Gasteiger partial charge in [-0.3, -0.25) is 0 Å². The Morgan fingerprint density at radius 3 is 2.87 bits per heavy atom. The molecule has 0 radical (unpaired) electrons. The Hall–Kier alpha value is -1.82. The molecule has 12 heteroatoms. The largest absolute Gasteiger partial charge is 0.448 e.